The molecule has 0 N–H and O–H groups in total. The Morgan fingerprint density at radius 2 is 1.83 bits per heavy atom. The number of furan rings is 1. The number of hydrogen-bond acceptors (Lipinski definition) is 6. The molecule has 0 aliphatic heterocycles. The molecule has 1 aromatic carbocycles. The van der Waals surface area contributed by atoms with Gasteiger partial charge in [0.15, 0.2) is 11.0 Å². The van der Waals surface area contributed by atoms with Gasteiger partial charge in [-0.1, -0.05) is 30.0 Å². The van der Waals surface area contributed by atoms with Crippen molar-refractivity contribution in [1.29, 1.82) is 0 Å². The van der Waals surface area contributed by atoms with E-state index in [0.717, 1.165) is 22.8 Å². The van der Waals surface area contributed by atoms with Crippen LogP contribution in [0.5, 0.6) is 0 Å². The molecule has 152 valence electrons. The molecule has 4 aromatic rings. The van der Waals surface area contributed by atoms with Crippen molar-refractivity contribution >= 4 is 17.7 Å². The number of amides is 1. The normalized spacial score (nSPS) is 10.9. The molecule has 0 spiro atoms. The third kappa shape index (κ3) is 4.44. The number of carbonyl (C=O) groups is 1. The minimum Gasteiger partial charge on any atom is -0.464 e. The fraction of sp³-hybridized carbons (Fsp3) is 0.182. The summed E-state index contributed by atoms with van der Waals surface area (Å²) in [4.78, 5) is 18.4. The monoisotopic (exact) mass is 419 g/mol. The van der Waals surface area contributed by atoms with Crippen molar-refractivity contribution in [2.45, 2.75) is 18.6 Å². The number of rotatable bonds is 7. The average molecular weight is 420 g/mol. The van der Waals surface area contributed by atoms with Crippen LogP contribution in [0.15, 0.2) is 76.6 Å². The van der Waals surface area contributed by atoms with Crippen molar-refractivity contribution < 1.29 is 9.21 Å². The van der Waals surface area contributed by atoms with Crippen molar-refractivity contribution in [3.8, 4) is 17.1 Å². The number of aryl methyl sites for hydroxylation is 1. The van der Waals surface area contributed by atoms with E-state index in [4.69, 9.17) is 4.42 Å². The Kier molecular flexibility index (Phi) is 5.94. The highest BCUT2D eigenvalue weighted by molar-refractivity contribution is 7.99. The van der Waals surface area contributed by atoms with Crippen molar-refractivity contribution in [2.24, 2.45) is 0 Å². The van der Waals surface area contributed by atoms with E-state index in [-0.39, 0.29) is 11.7 Å². The Hall–Kier alpha value is -3.39. The molecule has 7 nitrogen and oxygen atoms in total. The number of hydrogen-bond donors (Lipinski definition) is 0. The van der Waals surface area contributed by atoms with E-state index in [1.165, 1.54) is 11.8 Å². The lowest BCUT2D eigenvalue weighted by Gasteiger charge is -2.15. The number of aromatic nitrogens is 4. The maximum absolute atomic E-state index is 12.6. The second-order valence-corrected chi connectivity index (χ2v) is 7.71. The zero-order valence-electron chi connectivity index (χ0n) is 16.7. The quantitative estimate of drug-likeness (QED) is 0.422. The van der Waals surface area contributed by atoms with Crippen LogP contribution in [0.4, 0.5) is 0 Å². The van der Waals surface area contributed by atoms with Gasteiger partial charge in [0.25, 0.3) is 0 Å². The molecule has 4 rings (SSSR count). The summed E-state index contributed by atoms with van der Waals surface area (Å²) in [6.45, 7) is 2.32. The third-order valence-corrected chi connectivity index (χ3v) is 5.44. The van der Waals surface area contributed by atoms with Gasteiger partial charge >= 0.3 is 0 Å². The SMILES string of the molecule is Cc1ccc(CN(C)C(=O)CSc2nnc(-c3ccncc3)n2-c2ccccc2)o1. The smallest absolute Gasteiger partial charge is 0.233 e. The maximum Gasteiger partial charge on any atom is 0.233 e. The van der Waals surface area contributed by atoms with Crippen LogP contribution in [0, 0.1) is 6.92 Å². The molecule has 8 heteroatoms. The molecule has 0 aliphatic rings. The highest BCUT2D eigenvalue weighted by Gasteiger charge is 2.18. The number of nitrogens with zero attached hydrogens (tertiary/aromatic N) is 5. The van der Waals surface area contributed by atoms with Crippen LogP contribution in [-0.4, -0.2) is 43.4 Å². The van der Waals surface area contributed by atoms with Gasteiger partial charge in [-0.05, 0) is 43.3 Å². The van der Waals surface area contributed by atoms with Gasteiger partial charge in [-0.15, -0.1) is 10.2 Å². The second-order valence-electron chi connectivity index (χ2n) is 6.76. The van der Waals surface area contributed by atoms with Gasteiger partial charge < -0.3 is 9.32 Å². The van der Waals surface area contributed by atoms with Crippen molar-refractivity contribution in [3.05, 3.63) is 78.5 Å². The summed E-state index contributed by atoms with van der Waals surface area (Å²) in [6.07, 6.45) is 3.45. The van der Waals surface area contributed by atoms with Crippen molar-refractivity contribution in [3.63, 3.8) is 0 Å². The molecular formula is C22H21N5O2S. The molecule has 0 aliphatic carbocycles. The summed E-state index contributed by atoms with van der Waals surface area (Å²) in [5, 5.41) is 9.39. The van der Waals surface area contributed by atoms with E-state index < -0.39 is 0 Å². The van der Waals surface area contributed by atoms with Gasteiger partial charge in [0, 0.05) is 30.7 Å². The van der Waals surface area contributed by atoms with Crippen LogP contribution in [0.2, 0.25) is 0 Å². The highest BCUT2D eigenvalue weighted by atomic mass is 32.2. The van der Waals surface area contributed by atoms with Gasteiger partial charge in [-0.25, -0.2) is 0 Å². The number of carbonyl (C=O) groups excluding carboxylic acids is 1. The molecule has 3 aromatic heterocycles. The second kappa shape index (κ2) is 8.96. The lowest BCUT2D eigenvalue weighted by atomic mass is 10.2. The molecule has 3 heterocycles. The maximum atomic E-state index is 12.6. The largest absolute Gasteiger partial charge is 0.464 e. The zero-order chi connectivity index (χ0) is 20.9. The lowest BCUT2D eigenvalue weighted by Crippen LogP contribution is -2.27. The van der Waals surface area contributed by atoms with Gasteiger partial charge in [0.1, 0.15) is 11.5 Å². The van der Waals surface area contributed by atoms with E-state index in [2.05, 4.69) is 15.2 Å². The van der Waals surface area contributed by atoms with E-state index >= 15 is 0 Å². The Morgan fingerprint density at radius 1 is 1.07 bits per heavy atom. The summed E-state index contributed by atoms with van der Waals surface area (Å²) in [7, 11) is 1.77. The van der Waals surface area contributed by atoms with Gasteiger partial charge in [0.2, 0.25) is 5.91 Å². The predicted molar refractivity (Wildman–Crippen MR) is 115 cm³/mol. The molecule has 1 amide bonds. The minimum atomic E-state index is -0.0119. The summed E-state index contributed by atoms with van der Waals surface area (Å²) < 4.78 is 7.53. The molecule has 0 atom stereocenters. The van der Waals surface area contributed by atoms with Crippen molar-refractivity contribution in [2.75, 3.05) is 12.8 Å². The molecule has 0 saturated carbocycles. The summed E-state index contributed by atoms with van der Waals surface area (Å²) in [5.41, 5.74) is 1.84. The highest BCUT2D eigenvalue weighted by Crippen LogP contribution is 2.27. The minimum absolute atomic E-state index is 0.0119. The third-order valence-electron chi connectivity index (χ3n) is 4.53. The van der Waals surface area contributed by atoms with Crippen LogP contribution < -0.4 is 0 Å². The molecule has 0 bridgehead atoms. The number of pyridine rings is 1. The van der Waals surface area contributed by atoms with Gasteiger partial charge in [-0.3, -0.25) is 14.3 Å². The molecule has 0 saturated heterocycles. The summed E-state index contributed by atoms with van der Waals surface area (Å²) in [5.74, 6) is 2.54. The Balaban J connectivity index is 1.54. The Morgan fingerprint density at radius 3 is 2.53 bits per heavy atom. The average Bonchev–Trinajstić information content (AvgIpc) is 3.39. The fourth-order valence-electron chi connectivity index (χ4n) is 2.99. The van der Waals surface area contributed by atoms with Crippen LogP contribution in [0.3, 0.4) is 0 Å². The molecule has 0 unspecified atom stereocenters. The van der Waals surface area contributed by atoms with E-state index in [1.54, 1.807) is 24.3 Å². The summed E-state index contributed by atoms with van der Waals surface area (Å²) in [6, 6.07) is 17.4. The Labute approximate surface area is 178 Å². The fourth-order valence-corrected chi connectivity index (χ4v) is 3.88. The number of thioether (sulfide) groups is 1. The lowest BCUT2D eigenvalue weighted by molar-refractivity contribution is -0.127. The van der Waals surface area contributed by atoms with Gasteiger partial charge in [-0.2, -0.15) is 0 Å². The van der Waals surface area contributed by atoms with E-state index in [1.807, 2.05) is 66.1 Å². The van der Waals surface area contributed by atoms with Crippen LogP contribution >= 0.6 is 11.8 Å². The first-order chi connectivity index (χ1) is 14.6. The summed E-state index contributed by atoms with van der Waals surface area (Å²) >= 11 is 1.36. The molecular weight excluding hydrogens is 398 g/mol. The molecule has 0 radical (unpaired) electrons. The first kappa shape index (κ1) is 19.9. The Bertz CT molecular complexity index is 1120. The number of benzene rings is 1. The number of para-hydroxylation sites is 1. The standard InChI is InChI=1S/C22H21N5O2S/c1-16-8-9-19(29-16)14-26(2)20(28)15-30-22-25-24-21(17-10-12-23-13-11-17)27(22)18-6-4-3-5-7-18/h3-13H,14-15H2,1-2H3. The first-order valence-corrected chi connectivity index (χ1v) is 10.4. The van der Waals surface area contributed by atoms with Crippen LogP contribution in [-0.2, 0) is 11.3 Å². The predicted octanol–water partition coefficient (Wildman–Crippen LogP) is 3.98. The zero-order valence-corrected chi connectivity index (χ0v) is 17.5. The van der Waals surface area contributed by atoms with Gasteiger partial charge in [0.05, 0.1) is 12.3 Å². The topological polar surface area (TPSA) is 77.1 Å². The van der Waals surface area contributed by atoms with Crippen molar-refractivity contribution in [1.82, 2.24) is 24.6 Å². The first-order valence-electron chi connectivity index (χ1n) is 9.45. The van der Waals surface area contributed by atoms with Crippen LogP contribution in [0.25, 0.3) is 17.1 Å². The van der Waals surface area contributed by atoms with E-state index in [9.17, 15) is 4.79 Å². The molecule has 30 heavy (non-hydrogen) atoms. The van der Waals surface area contributed by atoms with Crippen LogP contribution in [0.1, 0.15) is 11.5 Å². The van der Waals surface area contributed by atoms with E-state index in [0.29, 0.717) is 17.5 Å². The molecule has 0 fully saturated rings.